The number of aryl methyl sites for hydroxylation is 1. The predicted octanol–water partition coefficient (Wildman–Crippen LogP) is 4.77. The van der Waals surface area contributed by atoms with E-state index in [1.54, 1.807) is 47.5 Å². The zero-order chi connectivity index (χ0) is 25.3. The van der Waals surface area contributed by atoms with Crippen molar-refractivity contribution in [2.24, 2.45) is 5.92 Å². The molecule has 7 nitrogen and oxygen atoms in total. The van der Waals surface area contributed by atoms with Crippen LogP contribution in [0.5, 0.6) is 0 Å². The molecular weight excluding hydrogens is 499 g/mol. The van der Waals surface area contributed by atoms with Crippen molar-refractivity contribution in [1.82, 2.24) is 14.3 Å². The van der Waals surface area contributed by atoms with Crippen LogP contribution in [0.15, 0.2) is 71.8 Å². The van der Waals surface area contributed by atoms with Crippen molar-refractivity contribution in [2.45, 2.75) is 31.2 Å². The Morgan fingerprint density at radius 3 is 2.72 bits per heavy atom. The minimum Gasteiger partial charge on any atom is -0.282 e. The maximum Gasteiger partial charge on any atom is 0.243 e. The van der Waals surface area contributed by atoms with Crippen LogP contribution in [-0.2, 0) is 21.4 Å². The lowest BCUT2D eigenvalue weighted by molar-refractivity contribution is -0.123. The summed E-state index contributed by atoms with van der Waals surface area (Å²) >= 11 is 1.23. The molecule has 5 rings (SSSR count). The Balaban J connectivity index is 1.44. The lowest BCUT2D eigenvalue weighted by Crippen LogP contribution is -2.46. The fraction of sp³-hybridized carbons (Fsp3) is 0.269. The van der Waals surface area contributed by atoms with E-state index in [0.717, 1.165) is 5.56 Å². The largest absolute Gasteiger partial charge is 0.282 e. The van der Waals surface area contributed by atoms with Crippen molar-refractivity contribution in [3.8, 4) is 0 Å². The summed E-state index contributed by atoms with van der Waals surface area (Å²) in [6, 6.07) is 16.5. The molecule has 2 aromatic carbocycles. The molecule has 2 aromatic heterocycles. The number of sulfonamides is 1. The molecule has 1 saturated heterocycles. The standard InChI is InChI=1S/C26H25FN4O3S2/c1-18-7-10-22(11-8-18)36(33,34)30-14-4-5-19(16-30)25(32)31(17-21-6-2-3-13-28-21)26-29-23-12-9-20(27)15-24(23)35-26/h2-3,6-13,15,19H,4-5,14,16-17H2,1H3. The molecule has 0 spiro atoms. The summed E-state index contributed by atoms with van der Waals surface area (Å²) in [6.45, 7) is 2.54. The van der Waals surface area contributed by atoms with E-state index in [1.807, 2.05) is 19.1 Å². The Labute approximate surface area is 213 Å². The van der Waals surface area contributed by atoms with Gasteiger partial charge < -0.3 is 0 Å². The molecule has 4 aromatic rings. The molecule has 186 valence electrons. The van der Waals surface area contributed by atoms with Crippen molar-refractivity contribution in [2.75, 3.05) is 18.0 Å². The van der Waals surface area contributed by atoms with E-state index in [9.17, 15) is 17.6 Å². The number of anilines is 1. The molecule has 1 aliphatic heterocycles. The van der Waals surface area contributed by atoms with E-state index in [-0.39, 0.29) is 29.7 Å². The van der Waals surface area contributed by atoms with Gasteiger partial charge in [-0.2, -0.15) is 4.31 Å². The number of thiazole rings is 1. The smallest absolute Gasteiger partial charge is 0.243 e. The molecule has 1 amide bonds. The summed E-state index contributed by atoms with van der Waals surface area (Å²) in [5, 5.41) is 0.435. The number of benzene rings is 2. The number of carbonyl (C=O) groups is 1. The highest BCUT2D eigenvalue weighted by atomic mass is 32.2. The van der Waals surface area contributed by atoms with E-state index in [0.29, 0.717) is 40.4 Å². The van der Waals surface area contributed by atoms with E-state index in [2.05, 4.69) is 9.97 Å². The van der Waals surface area contributed by atoms with Gasteiger partial charge in [0.05, 0.1) is 33.3 Å². The molecule has 1 unspecified atom stereocenters. The summed E-state index contributed by atoms with van der Waals surface area (Å²) in [5.41, 5.74) is 2.25. The van der Waals surface area contributed by atoms with Gasteiger partial charge in [-0.25, -0.2) is 17.8 Å². The van der Waals surface area contributed by atoms with Crippen molar-refractivity contribution in [1.29, 1.82) is 0 Å². The van der Waals surface area contributed by atoms with Gasteiger partial charge in [0.2, 0.25) is 15.9 Å². The zero-order valence-electron chi connectivity index (χ0n) is 19.7. The Morgan fingerprint density at radius 1 is 1.17 bits per heavy atom. The van der Waals surface area contributed by atoms with E-state index in [1.165, 1.54) is 27.8 Å². The topological polar surface area (TPSA) is 83.5 Å². The maximum absolute atomic E-state index is 13.9. The van der Waals surface area contributed by atoms with Crippen molar-refractivity contribution < 1.29 is 17.6 Å². The van der Waals surface area contributed by atoms with Gasteiger partial charge in [0.15, 0.2) is 5.13 Å². The number of pyridine rings is 1. The second-order valence-corrected chi connectivity index (χ2v) is 11.8. The molecular formula is C26H25FN4O3S2. The minimum absolute atomic E-state index is 0.0906. The number of halogens is 1. The first kappa shape index (κ1) is 24.5. The summed E-state index contributed by atoms with van der Waals surface area (Å²) in [6.07, 6.45) is 2.79. The molecule has 1 fully saturated rings. The third-order valence-electron chi connectivity index (χ3n) is 6.27. The molecule has 0 saturated carbocycles. The van der Waals surface area contributed by atoms with Crippen LogP contribution in [-0.4, -0.2) is 41.7 Å². The van der Waals surface area contributed by atoms with Gasteiger partial charge in [-0.3, -0.25) is 14.7 Å². The first-order chi connectivity index (χ1) is 17.3. The predicted molar refractivity (Wildman–Crippen MR) is 138 cm³/mol. The van der Waals surface area contributed by atoms with E-state index in [4.69, 9.17) is 0 Å². The molecule has 0 radical (unpaired) electrons. The number of fused-ring (bicyclic) bond motifs is 1. The highest BCUT2D eigenvalue weighted by Gasteiger charge is 2.36. The van der Waals surface area contributed by atoms with Gasteiger partial charge in [-0.05, 0) is 62.2 Å². The number of amides is 1. The van der Waals surface area contributed by atoms with Gasteiger partial charge in [0, 0.05) is 19.3 Å². The maximum atomic E-state index is 13.9. The molecule has 10 heteroatoms. The number of nitrogens with zero attached hydrogens (tertiary/aromatic N) is 4. The Hall–Kier alpha value is -3.21. The average molecular weight is 525 g/mol. The SMILES string of the molecule is Cc1ccc(S(=O)(=O)N2CCCC(C(=O)N(Cc3ccccn3)c3nc4ccc(F)cc4s3)C2)cc1. The van der Waals surface area contributed by atoms with Gasteiger partial charge in [-0.15, -0.1) is 0 Å². The number of aromatic nitrogens is 2. The van der Waals surface area contributed by atoms with Crippen molar-refractivity contribution in [3.05, 3.63) is 83.9 Å². The summed E-state index contributed by atoms with van der Waals surface area (Å²) < 4.78 is 42.4. The second kappa shape index (κ2) is 10.0. The Bertz CT molecular complexity index is 1490. The van der Waals surface area contributed by atoms with Gasteiger partial charge >= 0.3 is 0 Å². The molecule has 0 aliphatic carbocycles. The highest BCUT2D eigenvalue weighted by Crippen LogP contribution is 2.33. The highest BCUT2D eigenvalue weighted by molar-refractivity contribution is 7.89. The normalized spacial score (nSPS) is 16.8. The summed E-state index contributed by atoms with van der Waals surface area (Å²) in [7, 11) is -3.72. The van der Waals surface area contributed by atoms with Crippen LogP contribution in [0, 0.1) is 18.7 Å². The number of rotatable bonds is 6. The molecule has 36 heavy (non-hydrogen) atoms. The lowest BCUT2D eigenvalue weighted by atomic mass is 9.98. The average Bonchev–Trinajstić information content (AvgIpc) is 3.31. The third-order valence-corrected chi connectivity index (χ3v) is 9.20. The van der Waals surface area contributed by atoms with Crippen LogP contribution in [0.4, 0.5) is 9.52 Å². The first-order valence-electron chi connectivity index (χ1n) is 11.7. The van der Waals surface area contributed by atoms with Gasteiger partial charge in [0.25, 0.3) is 0 Å². The molecule has 3 heterocycles. The molecule has 0 bridgehead atoms. The minimum atomic E-state index is -3.72. The fourth-order valence-corrected chi connectivity index (χ4v) is 6.86. The molecule has 0 N–H and O–H groups in total. The van der Waals surface area contributed by atoms with Crippen LogP contribution in [0.25, 0.3) is 10.2 Å². The van der Waals surface area contributed by atoms with Crippen LogP contribution in [0.2, 0.25) is 0 Å². The zero-order valence-corrected chi connectivity index (χ0v) is 21.3. The van der Waals surface area contributed by atoms with Gasteiger partial charge in [-0.1, -0.05) is 35.1 Å². The third kappa shape index (κ3) is 5.02. The quantitative estimate of drug-likeness (QED) is 0.363. The molecule has 1 atom stereocenters. The second-order valence-electron chi connectivity index (χ2n) is 8.87. The van der Waals surface area contributed by atoms with Crippen LogP contribution < -0.4 is 4.90 Å². The van der Waals surface area contributed by atoms with Crippen LogP contribution >= 0.6 is 11.3 Å². The monoisotopic (exact) mass is 524 g/mol. The van der Waals surface area contributed by atoms with Crippen LogP contribution in [0.1, 0.15) is 24.1 Å². The number of hydrogen-bond donors (Lipinski definition) is 0. The number of hydrogen-bond acceptors (Lipinski definition) is 6. The molecule has 1 aliphatic rings. The Kier molecular flexibility index (Phi) is 6.83. The number of piperidine rings is 1. The summed E-state index contributed by atoms with van der Waals surface area (Å²) in [5.74, 6) is -1.13. The number of carbonyl (C=O) groups excluding carboxylic acids is 1. The fourth-order valence-electron chi connectivity index (χ4n) is 4.34. The van der Waals surface area contributed by atoms with Crippen molar-refractivity contribution >= 4 is 42.6 Å². The lowest BCUT2D eigenvalue weighted by Gasteiger charge is -2.33. The first-order valence-corrected chi connectivity index (χ1v) is 13.9. The van der Waals surface area contributed by atoms with E-state index >= 15 is 0 Å². The Morgan fingerprint density at radius 2 is 1.97 bits per heavy atom. The van der Waals surface area contributed by atoms with E-state index < -0.39 is 15.9 Å². The summed E-state index contributed by atoms with van der Waals surface area (Å²) in [4.78, 5) is 24.6. The van der Waals surface area contributed by atoms with Crippen LogP contribution in [0.3, 0.4) is 0 Å². The van der Waals surface area contributed by atoms with Crippen molar-refractivity contribution in [3.63, 3.8) is 0 Å². The van der Waals surface area contributed by atoms with Gasteiger partial charge in [0.1, 0.15) is 5.82 Å².